The molecule has 2 rings (SSSR count). The fourth-order valence-electron chi connectivity index (χ4n) is 2.46. The molecule has 0 aliphatic carbocycles. The summed E-state index contributed by atoms with van der Waals surface area (Å²) in [4.78, 5) is 0. The standard InChI is InChI=1S/C18H23N/c1-14(2)12-18(19)13-15-8-10-17(11-9-15)16-6-4-3-5-7-16/h3-11,14,18H,12-13,19H2,1-2H3. The van der Waals surface area contributed by atoms with Gasteiger partial charge in [-0.15, -0.1) is 0 Å². The first-order valence-electron chi connectivity index (χ1n) is 7.05. The summed E-state index contributed by atoms with van der Waals surface area (Å²) in [5, 5.41) is 0. The molecular weight excluding hydrogens is 230 g/mol. The third kappa shape index (κ3) is 4.22. The molecule has 0 aliphatic heterocycles. The third-order valence-corrected chi connectivity index (χ3v) is 3.33. The minimum atomic E-state index is 0.266. The van der Waals surface area contributed by atoms with Crippen LogP contribution in [-0.4, -0.2) is 6.04 Å². The van der Waals surface area contributed by atoms with Crippen LogP contribution in [0.15, 0.2) is 54.6 Å². The number of nitrogens with two attached hydrogens (primary N) is 1. The summed E-state index contributed by atoms with van der Waals surface area (Å²) in [6.07, 6.45) is 2.05. The highest BCUT2D eigenvalue weighted by Crippen LogP contribution is 2.20. The molecule has 0 aliphatic rings. The van der Waals surface area contributed by atoms with Crippen molar-refractivity contribution in [1.82, 2.24) is 0 Å². The Labute approximate surface area is 116 Å². The van der Waals surface area contributed by atoms with Gasteiger partial charge in [-0.3, -0.25) is 0 Å². The molecular formula is C18H23N. The highest BCUT2D eigenvalue weighted by Gasteiger charge is 2.06. The first-order chi connectivity index (χ1) is 9.15. The Morgan fingerprint density at radius 3 is 2.00 bits per heavy atom. The molecule has 0 fully saturated rings. The van der Waals surface area contributed by atoms with Crippen molar-refractivity contribution in [2.45, 2.75) is 32.7 Å². The van der Waals surface area contributed by atoms with Crippen LogP contribution in [0.3, 0.4) is 0 Å². The van der Waals surface area contributed by atoms with Crippen LogP contribution in [0.5, 0.6) is 0 Å². The summed E-state index contributed by atoms with van der Waals surface area (Å²) in [7, 11) is 0. The topological polar surface area (TPSA) is 26.0 Å². The maximum atomic E-state index is 6.16. The lowest BCUT2D eigenvalue weighted by Crippen LogP contribution is -2.24. The molecule has 1 atom stereocenters. The lowest BCUT2D eigenvalue weighted by molar-refractivity contribution is 0.493. The Morgan fingerprint density at radius 2 is 1.42 bits per heavy atom. The highest BCUT2D eigenvalue weighted by atomic mass is 14.6. The van der Waals surface area contributed by atoms with E-state index in [0.29, 0.717) is 5.92 Å². The molecule has 100 valence electrons. The van der Waals surface area contributed by atoms with Crippen molar-refractivity contribution >= 4 is 0 Å². The van der Waals surface area contributed by atoms with Crippen LogP contribution < -0.4 is 5.73 Å². The van der Waals surface area contributed by atoms with Crippen LogP contribution in [0, 0.1) is 5.92 Å². The van der Waals surface area contributed by atoms with Gasteiger partial charge in [-0.05, 0) is 35.4 Å². The molecule has 0 amide bonds. The summed E-state index contributed by atoms with van der Waals surface area (Å²) in [5.41, 5.74) is 10.0. The molecule has 2 N–H and O–H groups in total. The number of hydrogen-bond acceptors (Lipinski definition) is 1. The lowest BCUT2D eigenvalue weighted by atomic mass is 9.96. The lowest BCUT2D eigenvalue weighted by Gasteiger charge is -2.14. The molecule has 2 aromatic rings. The van der Waals surface area contributed by atoms with Crippen LogP contribution in [0.25, 0.3) is 11.1 Å². The van der Waals surface area contributed by atoms with E-state index in [2.05, 4.69) is 62.4 Å². The second kappa shape index (κ2) is 6.53. The number of rotatable bonds is 5. The van der Waals surface area contributed by atoms with Crippen LogP contribution in [0.1, 0.15) is 25.8 Å². The van der Waals surface area contributed by atoms with Gasteiger partial charge in [-0.1, -0.05) is 68.4 Å². The van der Waals surface area contributed by atoms with Crippen molar-refractivity contribution in [2.75, 3.05) is 0 Å². The van der Waals surface area contributed by atoms with E-state index in [1.54, 1.807) is 0 Å². The highest BCUT2D eigenvalue weighted by molar-refractivity contribution is 5.63. The molecule has 1 unspecified atom stereocenters. The van der Waals surface area contributed by atoms with Gasteiger partial charge in [0.2, 0.25) is 0 Å². The normalized spacial score (nSPS) is 12.6. The monoisotopic (exact) mass is 253 g/mol. The first-order valence-corrected chi connectivity index (χ1v) is 7.05. The van der Waals surface area contributed by atoms with Crippen molar-refractivity contribution in [2.24, 2.45) is 11.7 Å². The van der Waals surface area contributed by atoms with E-state index in [0.717, 1.165) is 12.8 Å². The zero-order valence-corrected chi connectivity index (χ0v) is 11.8. The van der Waals surface area contributed by atoms with E-state index in [9.17, 15) is 0 Å². The second-order valence-electron chi connectivity index (χ2n) is 5.66. The molecule has 19 heavy (non-hydrogen) atoms. The van der Waals surface area contributed by atoms with Gasteiger partial charge in [-0.25, -0.2) is 0 Å². The Balaban J connectivity index is 2.03. The smallest absolute Gasteiger partial charge is 0.00817 e. The number of hydrogen-bond donors (Lipinski definition) is 1. The summed E-state index contributed by atoms with van der Waals surface area (Å²) in [6.45, 7) is 4.44. The maximum Gasteiger partial charge on any atom is 0.00817 e. The fourth-order valence-corrected chi connectivity index (χ4v) is 2.46. The van der Waals surface area contributed by atoms with Crippen molar-refractivity contribution < 1.29 is 0 Å². The fraction of sp³-hybridized carbons (Fsp3) is 0.333. The van der Waals surface area contributed by atoms with Gasteiger partial charge in [0.25, 0.3) is 0 Å². The molecule has 1 nitrogen and oxygen atoms in total. The molecule has 0 heterocycles. The molecule has 0 bridgehead atoms. The Bertz CT molecular complexity index is 485. The summed E-state index contributed by atoms with van der Waals surface area (Å²) < 4.78 is 0. The molecule has 1 heteroatoms. The minimum absolute atomic E-state index is 0.266. The van der Waals surface area contributed by atoms with E-state index < -0.39 is 0 Å². The van der Waals surface area contributed by atoms with Gasteiger partial charge in [-0.2, -0.15) is 0 Å². The Morgan fingerprint density at radius 1 is 0.842 bits per heavy atom. The van der Waals surface area contributed by atoms with Gasteiger partial charge in [0.1, 0.15) is 0 Å². The zero-order chi connectivity index (χ0) is 13.7. The van der Waals surface area contributed by atoms with Gasteiger partial charge in [0.05, 0.1) is 0 Å². The predicted molar refractivity (Wildman–Crippen MR) is 83.0 cm³/mol. The molecule has 2 aromatic carbocycles. The van der Waals surface area contributed by atoms with Crippen LogP contribution in [-0.2, 0) is 6.42 Å². The van der Waals surface area contributed by atoms with Gasteiger partial charge in [0, 0.05) is 6.04 Å². The first kappa shape index (κ1) is 13.8. The predicted octanol–water partition coefficient (Wildman–Crippen LogP) is 4.27. The van der Waals surface area contributed by atoms with Crippen molar-refractivity contribution in [1.29, 1.82) is 0 Å². The van der Waals surface area contributed by atoms with Crippen LogP contribution in [0.4, 0.5) is 0 Å². The maximum absolute atomic E-state index is 6.16. The SMILES string of the molecule is CC(C)CC(N)Cc1ccc(-c2ccccc2)cc1. The van der Waals surface area contributed by atoms with E-state index in [-0.39, 0.29) is 6.04 Å². The van der Waals surface area contributed by atoms with Gasteiger partial charge < -0.3 is 5.73 Å². The quantitative estimate of drug-likeness (QED) is 0.846. The summed E-state index contributed by atoms with van der Waals surface area (Å²) in [5.74, 6) is 0.665. The van der Waals surface area contributed by atoms with Crippen molar-refractivity contribution in [3.8, 4) is 11.1 Å². The third-order valence-electron chi connectivity index (χ3n) is 3.33. The summed E-state index contributed by atoms with van der Waals surface area (Å²) >= 11 is 0. The average molecular weight is 253 g/mol. The molecule has 0 radical (unpaired) electrons. The number of benzene rings is 2. The van der Waals surface area contributed by atoms with Crippen molar-refractivity contribution in [3.05, 3.63) is 60.2 Å². The molecule has 0 saturated heterocycles. The van der Waals surface area contributed by atoms with Crippen molar-refractivity contribution in [3.63, 3.8) is 0 Å². The zero-order valence-electron chi connectivity index (χ0n) is 11.8. The van der Waals surface area contributed by atoms with E-state index in [4.69, 9.17) is 5.73 Å². The molecule has 0 aromatic heterocycles. The van der Waals surface area contributed by atoms with Crippen LogP contribution >= 0.6 is 0 Å². The molecule has 0 spiro atoms. The van der Waals surface area contributed by atoms with Gasteiger partial charge in [0.15, 0.2) is 0 Å². The average Bonchev–Trinajstić information content (AvgIpc) is 2.39. The summed E-state index contributed by atoms with van der Waals surface area (Å²) in [6, 6.07) is 19.5. The minimum Gasteiger partial charge on any atom is -0.327 e. The van der Waals surface area contributed by atoms with Crippen LogP contribution in [0.2, 0.25) is 0 Å². The Kier molecular flexibility index (Phi) is 4.75. The molecule has 0 saturated carbocycles. The largest absolute Gasteiger partial charge is 0.327 e. The second-order valence-corrected chi connectivity index (χ2v) is 5.66. The van der Waals surface area contributed by atoms with E-state index in [1.165, 1.54) is 16.7 Å². The van der Waals surface area contributed by atoms with E-state index in [1.807, 2.05) is 6.07 Å². The van der Waals surface area contributed by atoms with Gasteiger partial charge >= 0.3 is 0 Å². The Hall–Kier alpha value is -1.60. The van der Waals surface area contributed by atoms with E-state index >= 15 is 0 Å².